The number of quaternary nitrogens is 1. The molecule has 0 saturated carbocycles. The predicted octanol–water partition coefficient (Wildman–Crippen LogP) is 2.03. The first-order valence-electron chi connectivity index (χ1n) is 15.9. The maximum Gasteiger partial charge on any atom is 0.616 e. The van der Waals surface area contributed by atoms with Crippen molar-refractivity contribution in [2.75, 3.05) is 44.7 Å². The van der Waals surface area contributed by atoms with Crippen LogP contribution in [0.4, 0.5) is 5.69 Å². The van der Waals surface area contributed by atoms with Gasteiger partial charge in [-0.1, -0.05) is 24.3 Å². The number of nitrogens with zero attached hydrogens (tertiary/aromatic N) is 7. The van der Waals surface area contributed by atoms with E-state index in [0.29, 0.717) is 17.7 Å². The highest BCUT2D eigenvalue weighted by Gasteiger charge is 2.80. The standard InChI is InChI=1S/C33H40BN7O5/c1-32(2)29(42)45-34(41(32,5)33(3,4)30(43)46-34)25-13-14-27(35-23-25)24-10-8-11-26(22-24)38-20-18-37(19-21-38)15-9-17-40-31(44)39-16-7-6-12-28(39)36-40/h6-8,10-14,16,22-23H,9,15,17-21H2,1-5H3. The van der Waals surface area contributed by atoms with E-state index in [0.717, 1.165) is 56.1 Å². The monoisotopic (exact) mass is 625 g/mol. The van der Waals surface area contributed by atoms with Gasteiger partial charge in [0.25, 0.3) is 0 Å². The Morgan fingerprint density at radius 3 is 2.24 bits per heavy atom. The number of carbonyl (C=O) groups is 2. The smallest absolute Gasteiger partial charge is 0.596 e. The number of hydrogen-bond donors (Lipinski definition) is 0. The van der Waals surface area contributed by atoms with E-state index in [2.05, 4.69) is 27.0 Å². The third-order valence-electron chi connectivity index (χ3n) is 11.0. The molecule has 0 aliphatic carbocycles. The zero-order chi connectivity index (χ0) is 32.5. The van der Waals surface area contributed by atoms with Crippen LogP contribution in [0.2, 0.25) is 0 Å². The quantitative estimate of drug-likeness (QED) is 0.285. The Morgan fingerprint density at radius 1 is 0.870 bits per heavy atom. The minimum absolute atomic E-state index is 0.000791. The highest BCUT2D eigenvalue weighted by molar-refractivity contribution is 6.79. The average Bonchev–Trinajstić information content (AvgIpc) is 3.52. The molecule has 3 fully saturated rings. The lowest BCUT2D eigenvalue weighted by molar-refractivity contribution is -0.885. The van der Waals surface area contributed by atoms with Crippen LogP contribution in [-0.2, 0) is 25.4 Å². The van der Waals surface area contributed by atoms with Gasteiger partial charge in [0.2, 0.25) is 0 Å². The summed E-state index contributed by atoms with van der Waals surface area (Å²) in [5.41, 5.74) is 2.07. The van der Waals surface area contributed by atoms with Gasteiger partial charge in [-0.05, 0) is 69.9 Å². The summed E-state index contributed by atoms with van der Waals surface area (Å²) in [5.74, 6) is -0.788. The van der Waals surface area contributed by atoms with Crippen LogP contribution in [0.25, 0.3) is 16.9 Å². The molecular weight excluding hydrogens is 585 g/mol. The van der Waals surface area contributed by atoms with E-state index < -0.39 is 29.7 Å². The fraction of sp³-hybridized carbons (Fsp3) is 0.424. The first-order valence-corrected chi connectivity index (χ1v) is 15.9. The second-order valence-corrected chi connectivity index (χ2v) is 13.8. The van der Waals surface area contributed by atoms with Crippen LogP contribution in [0.15, 0.2) is 71.8 Å². The normalized spacial score (nSPS) is 25.5. The van der Waals surface area contributed by atoms with E-state index in [1.54, 1.807) is 49.2 Å². The average molecular weight is 626 g/mol. The number of anilines is 1. The van der Waals surface area contributed by atoms with Crippen molar-refractivity contribution in [3.8, 4) is 11.3 Å². The summed E-state index contributed by atoms with van der Waals surface area (Å²) in [6.07, 6.45) is 4.29. The van der Waals surface area contributed by atoms with E-state index >= 15 is 0 Å². The van der Waals surface area contributed by atoms with Gasteiger partial charge >= 0.3 is 24.3 Å². The van der Waals surface area contributed by atoms with Crippen LogP contribution < -0.4 is 16.1 Å². The lowest BCUT2D eigenvalue weighted by Crippen LogP contribution is -2.78. The van der Waals surface area contributed by atoms with E-state index in [9.17, 15) is 14.4 Å². The summed E-state index contributed by atoms with van der Waals surface area (Å²) in [4.78, 5) is 48.3. The van der Waals surface area contributed by atoms with Crippen LogP contribution in [0.1, 0.15) is 34.1 Å². The molecule has 3 saturated heterocycles. The lowest BCUT2D eigenvalue weighted by atomic mass is 9.58. The summed E-state index contributed by atoms with van der Waals surface area (Å²) in [6.45, 7) is 9.90. The fourth-order valence-corrected chi connectivity index (χ4v) is 7.62. The van der Waals surface area contributed by atoms with Crippen LogP contribution in [0.5, 0.6) is 0 Å². The SMILES string of the molecule is CC1(C)C(=O)O[B-]2(c3ccc(-c4cccc(N5CCN(CCCn6nc7ccccn7c6=O)CC5)c4)nc3)OC(=O)C(C)(C)[N+]21C. The molecule has 7 rings (SSSR count). The summed E-state index contributed by atoms with van der Waals surface area (Å²) in [5, 5.41) is 4.43. The number of rotatable bonds is 7. The van der Waals surface area contributed by atoms with Gasteiger partial charge in [-0.25, -0.2) is 19.1 Å². The Morgan fingerprint density at radius 2 is 1.59 bits per heavy atom. The van der Waals surface area contributed by atoms with Crippen molar-refractivity contribution in [1.82, 2.24) is 24.1 Å². The number of carbonyl (C=O) groups excluding carboxylic acids is 2. The summed E-state index contributed by atoms with van der Waals surface area (Å²) in [6, 6.07) is 17.7. The third-order valence-corrected chi connectivity index (χ3v) is 11.0. The molecule has 4 aromatic rings. The van der Waals surface area contributed by atoms with Crippen molar-refractivity contribution in [3.63, 3.8) is 0 Å². The van der Waals surface area contributed by atoms with E-state index in [-0.39, 0.29) is 10.1 Å². The van der Waals surface area contributed by atoms with Crippen molar-refractivity contribution in [2.45, 2.75) is 51.7 Å². The molecule has 0 atom stereocenters. The predicted molar refractivity (Wildman–Crippen MR) is 174 cm³/mol. The van der Waals surface area contributed by atoms with E-state index in [4.69, 9.17) is 14.3 Å². The van der Waals surface area contributed by atoms with Gasteiger partial charge in [0.1, 0.15) is 0 Å². The number of piperazine rings is 1. The maximum atomic E-state index is 13.1. The molecule has 13 heteroatoms. The Labute approximate surface area is 267 Å². The summed E-state index contributed by atoms with van der Waals surface area (Å²) >= 11 is 0. The molecule has 46 heavy (non-hydrogen) atoms. The zero-order valence-corrected chi connectivity index (χ0v) is 27.0. The lowest BCUT2D eigenvalue weighted by Gasteiger charge is -2.54. The number of fused-ring (bicyclic) bond motifs is 2. The van der Waals surface area contributed by atoms with Crippen LogP contribution in [0, 0.1) is 0 Å². The van der Waals surface area contributed by atoms with Crippen molar-refractivity contribution >= 4 is 35.4 Å². The fourth-order valence-electron chi connectivity index (χ4n) is 7.62. The first kappa shape index (κ1) is 30.2. The Bertz CT molecular complexity index is 1860. The van der Waals surface area contributed by atoms with Crippen LogP contribution in [-0.4, -0.2) is 97.9 Å². The number of benzene rings is 1. The molecule has 3 aliphatic rings. The zero-order valence-electron chi connectivity index (χ0n) is 27.0. The number of aryl methyl sites for hydroxylation is 1. The molecule has 12 nitrogen and oxygen atoms in total. The third kappa shape index (κ3) is 4.24. The second-order valence-electron chi connectivity index (χ2n) is 13.8. The molecule has 3 aliphatic heterocycles. The van der Waals surface area contributed by atoms with E-state index in [1.165, 1.54) is 0 Å². The van der Waals surface area contributed by atoms with E-state index in [1.807, 2.05) is 49.5 Å². The highest BCUT2D eigenvalue weighted by atomic mass is 16.7. The Kier molecular flexibility index (Phi) is 6.91. The molecule has 0 spiro atoms. The van der Waals surface area contributed by atoms with Crippen LogP contribution in [0.3, 0.4) is 0 Å². The van der Waals surface area contributed by atoms with Gasteiger partial charge in [-0.3, -0.25) is 14.3 Å². The molecule has 1 aromatic carbocycles. The van der Waals surface area contributed by atoms with Crippen molar-refractivity contribution in [3.05, 3.63) is 77.5 Å². The van der Waals surface area contributed by atoms with Gasteiger partial charge in [0.05, 0.1) is 5.69 Å². The topological polar surface area (TPSA) is 111 Å². The molecule has 6 heterocycles. The van der Waals surface area contributed by atoms with Gasteiger partial charge in [0.15, 0.2) is 16.7 Å². The molecule has 240 valence electrons. The first-order chi connectivity index (χ1) is 21.9. The minimum Gasteiger partial charge on any atom is -0.596 e. The molecule has 0 N–H and O–H groups in total. The molecule has 0 radical (unpaired) electrons. The second kappa shape index (κ2) is 10.5. The minimum atomic E-state index is -2.48. The van der Waals surface area contributed by atoms with Crippen molar-refractivity contribution < 1.29 is 23.3 Å². The van der Waals surface area contributed by atoms with Gasteiger partial charge in [-0.15, -0.1) is 5.10 Å². The summed E-state index contributed by atoms with van der Waals surface area (Å²) < 4.78 is 15.1. The molecule has 3 aromatic heterocycles. The van der Waals surface area contributed by atoms with Gasteiger partial charge in [0, 0.05) is 70.0 Å². The summed E-state index contributed by atoms with van der Waals surface area (Å²) in [7, 11) is 1.87. The highest BCUT2D eigenvalue weighted by Crippen LogP contribution is 2.51. The van der Waals surface area contributed by atoms with Gasteiger partial charge < -0.3 is 18.6 Å². The number of likely N-dealkylation sites (N-methyl/N-ethyl adjacent to an activating group) is 1. The maximum absolute atomic E-state index is 13.1. The van der Waals surface area contributed by atoms with Crippen molar-refractivity contribution in [1.29, 1.82) is 0 Å². The number of aromatic nitrogens is 4. The Hall–Kier alpha value is -4.49. The van der Waals surface area contributed by atoms with Crippen molar-refractivity contribution in [2.24, 2.45) is 0 Å². The number of hydrogen-bond acceptors (Lipinski definition) is 9. The number of pyridine rings is 2. The molecule has 0 unspecified atom stereocenters. The van der Waals surface area contributed by atoms with Crippen LogP contribution >= 0.6 is 0 Å². The largest absolute Gasteiger partial charge is 0.616 e. The van der Waals surface area contributed by atoms with Gasteiger partial charge in [-0.2, -0.15) is 0 Å². The molecule has 0 amide bonds. The molecular formula is C33H40BN7O5. The molecule has 0 bridgehead atoms. The Balaban J connectivity index is 1.01.